The van der Waals surface area contributed by atoms with Gasteiger partial charge in [0.15, 0.2) is 0 Å². The summed E-state index contributed by atoms with van der Waals surface area (Å²) in [5.41, 5.74) is 1.73. The van der Waals surface area contributed by atoms with Crippen LogP contribution in [0, 0.1) is 0 Å². The number of nitrogens with one attached hydrogen (secondary N) is 4. The summed E-state index contributed by atoms with van der Waals surface area (Å²) in [6.45, 7) is 3.51. The number of nitrogens with zero attached hydrogens (tertiary/aromatic N) is 5. The SMILES string of the molecule is O=C(CCCNC(=O)c1ccc2ncc(CC(O)C(O)CO)nc2c1)NCCSC1CC(=O)N(CCN2CCN(C(=O)CCCCC3SCC4NC(=O)NC43)CC2)C1=O. The van der Waals surface area contributed by atoms with Crippen LogP contribution in [0.3, 0.4) is 0 Å². The number of fused-ring (bicyclic) bond motifs is 2. The molecule has 0 radical (unpaired) electrons. The minimum Gasteiger partial charge on any atom is -0.394 e. The molecule has 0 aliphatic carbocycles. The lowest BCUT2D eigenvalue weighted by molar-refractivity contribution is -0.138. The van der Waals surface area contributed by atoms with Gasteiger partial charge in [0.2, 0.25) is 23.6 Å². The number of thioether (sulfide) groups is 2. The monoisotopic (exact) mass is 857 g/mol. The molecule has 0 saturated carbocycles. The molecular formula is C39H55N9O9S2. The van der Waals surface area contributed by atoms with Crippen molar-refractivity contribution in [3.8, 4) is 0 Å². The Balaban J connectivity index is 0.794. The summed E-state index contributed by atoms with van der Waals surface area (Å²) in [6.07, 6.45) is 2.94. The zero-order valence-electron chi connectivity index (χ0n) is 33.1. The van der Waals surface area contributed by atoms with Crippen molar-refractivity contribution in [3.63, 3.8) is 0 Å². The highest BCUT2D eigenvalue weighted by Crippen LogP contribution is 2.33. The fourth-order valence-electron chi connectivity index (χ4n) is 7.70. The van der Waals surface area contributed by atoms with Crippen molar-refractivity contribution in [2.45, 2.75) is 86.2 Å². The molecule has 4 aliphatic rings. The first-order valence-corrected chi connectivity index (χ1v) is 22.5. The zero-order chi connectivity index (χ0) is 41.9. The van der Waals surface area contributed by atoms with E-state index >= 15 is 0 Å². The van der Waals surface area contributed by atoms with E-state index in [1.165, 1.54) is 22.9 Å². The summed E-state index contributed by atoms with van der Waals surface area (Å²) in [7, 11) is 0. The number of aromatic nitrogens is 2. The second-order valence-corrected chi connectivity index (χ2v) is 17.9. The van der Waals surface area contributed by atoms with E-state index in [0.717, 1.165) is 25.0 Å². The van der Waals surface area contributed by atoms with Gasteiger partial charge in [-0.05, 0) is 37.5 Å². The molecule has 7 N–H and O–H groups in total. The summed E-state index contributed by atoms with van der Waals surface area (Å²) in [5, 5.41) is 40.1. The highest BCUT2D eigenvalue weighted by molar-refractivity contribution is 8.00. The molecular weight excluding hydrogens is 803 g/mol. The third-order valence-corrected chi connectivity index (χ3v) is 13.9. The van der Waals surface area contributed by atoms with Crippen molar-refractivity contribution in [2.75, 3.05) is 70.5 Å². The molecule has 1 aromatic carbocycles. The van der Waals surface area contributed by atoms with Crippen LogP contribution in [0.25, 0.3) is 11.0 Å². The summed E-state index contributed by atoms with van der Waals surface area (Å²) in [5.74, 6) is 0.634. The van der Waals surface area contributed by atoms with E-state index in [0.29, 0.717) is 91.9 Å². The molecule has 6 unspecified atom stereocenters. The van der Waals surface area contributed by atoms with Gasteiger partial charge in [0.25, 0.3) is 5.91 Å². The van der Waals surface area contributed by atoms with Crippen LogP contribution >= 0.6 is 23.5 Å². The second kappa shape index (κ2) is 21.4. The molecule has 6 atom stereocenters. The average Bonchev–Trinajstić information content (AvgIpc) is 3.88. The Morgan fingerprint density at radius 1 is 0.949 bits per heavy atom. The number of urea groups is 1. The normalized spacial score (nSPS) is 22.9. The number of hydrogen-bond donors (Lipinski definition) is 7. The number of likely N-dealkylation sites (tertiary alicyclic amines) is 1. The maximum Gasteiger partial charge on any atom is 0.315 e. The first-order valence-electron chi connectivity index (χ1n) is 20.4. The molecule has 4 saturated heterocycles. The number of carbonyl (C=O) groups is 6. The van der Waals surface area contributed by atoms with E-state index in [1.54, 1.807) is 18.2 Å². The first kappa shape index (κ1) is 44.5. The molecule has 18 nitrogen and oxygen atoms in total. The summed E-state index contributed by atoms with van der Waals surface area (Å²) in [4.78, 5) is 89.5. The van der Waals surface area contributed by atoms with Crippen LogP contribution < -0.4 is 21.3 Å². The molecule has 0 spiro atoms. The van der Waals surface area contributed by atoms with Crippen molar-refractivity contribution in [3.05, 3.63) is 35.7 Å². The number of piperazine rings is 1. The Kier molecular flexibility index (Phi) is 16.2. The van der Waals surface area contributed by atoms with Gasteiger partial charge in [0, 0.05) is 107 Å². The predicted octanol–water partition coefficient (Wildman–Crippen LogP) is -0.757. The van der Waals surface area contributed by atoms with Crippen molar-refractivity contribution in [1.29, 1.82) is 0 Å². The van der Waals surface area contributed by atoms with Gasteiger partial charge in [-0.3, -0.25) is 38.8 Å². The van der Waals surface area contributed by atoms with E-state index in [9.17, 15) is 39.0 Å². The van der Waals surface area contributed by atoms with Gasteiger partial charge in [-0.2, -0.15) is 11.8 Å². The summed E-state index contributed by atoms with van der Waals surface area (Å²) >= 11 is 3.24. The van der Waals surface area contributed by atoms with Gasteiger partial charge in [0.05, 0.1) is 46.8 Å². The lowest BCUT2D eigenvalue weighted by atomic mass is 10.0. The number of unbranched alkanes of at least 4 members (excludes halogenated alkanes) is 1. The molecule has 5 heterocycles. The quantitative estimate of drug-likeness (QED) is 0.0464. The third kappa shape index (κ3) is 12.3. The number of amides is 7. The summed E-state index contributed by atoms with van der Waals surface area (Å²) < 4.78 is 0. The van der Waals surface area contributed by atoms with Crippen LogP contribution in [-0.4, -0.2) is 181 Å². The highest BCUT2D eigenvalue weighted by Gasteiger charge is 2.42. The molecule has 7 amide bonds. The van der Waals surface area contributed by atoms with Crippen LogP contribution in [0.2, 0.25) is 0 Å². The molecule has 322 valence electrons. The lowest BCUT2D eigenvalue weighted by Gasteiger charge is -2.35. The Bertz CT molecular complexity index is 1830. The van der Waals surface area contributed by atoms with Gasteiger partial charge >= 0.3 is 6.03 Å². The molecule has 4 fully saturated rings. The van der Waals surface area contributed by atoms with E-state index in [4.69, 9.17) is 5.11 Å². The van der Waals surface area contributed by atoms with E-state index in [-0.39, 0.29) is 73.5 Å². The molecule has 59 heavy (non-hydrogen) atoms. The zero-order valence-corrected chi connectivity index (χ0v) is 34.7. The van der Waals surface area contributed by atoms with Crippen molar-refractivity contribution in [1.82, 2.24) is 45.9 Å². The molecule has 4 aliphatic heterocycles. The van der Waals surface area contributed by atoms with Gasteiger partial charge in [0.1, 0.15) is 6.10 Å². The number of hydrogen-bond acceptors (Lipinski definition) is 14. The Morgan fingerprint density at radius 2 is 1.76 bits per heavy atom. The van der Waals surface area contributed by atoms with Gasteiger partial charge < -0.3 is 41.5 Å². The maximum absolute atomic E-state index is 13.1. The predicted molar refractivity (Wildman–Crippen MR) is 221 cm³/mol. The number of aliphatic hydroxyl groups excluding tert-OH is 3. The van der Waals surface area contributed by atoms with Crippen molar-refractivity contribution in [2.24, 2.45) is 0 Å². The third-order valence-electron chi connectivity index (χ3n) is 11.1. The van der Waals surface area contributed by atoms with E-state index in [2.05, 4.69) is 36.1 Å². The molecule has 1 aromatic heterocycles. The standard InChI is InChI=1S/C39H55N9O9S2/c49-22-30(51)29(50)19-25-21-42-26-8-7-24(18-27(26)43-25)37(55)41-9-3-5-33(52)40-10-17-58-32-20-35(54)48(38(32)56)16-13-46-11-14-47(15-12-46)34(53)6-2-1-4-31-36-28(23-59-31)44-39(57)45-36/h7-8,18,21,28-32,36,49-51H,1-6,9-17,19-20,22-23H2,(H,40,52)(H,41,55)(H2,44,45,57). The Labute approximate surface area is 351 Å². The van der Waals surface area contributed by atoms with Gasteiger partial charge in [-0.25, -0.2) is 9.78 Å². The smallest absolute Gasteiger partial charge is 0.315 e. The van der Waals surface area contributed by atoms with E-state index in [1.807, 2.05) is 16.7 Å². The number of carbonyl (C=O) groups excluding carboxylic acids is 6. The fourth-order valence-corrected chi connectivity index (χ4v) is 10.3. The molecule has 6 rings (SSSR count). The second-order valence-electron chi connectivity index (χ2n) is 15.3. The van der Waals surface area contributed by atoms with E-state index < -0.39 is 24.1 Å². The first-order chi connectivity index (χ1) is 28.5. The number of aliphatic hydroxyl groups is 3. The molecule has 20 heteroatoms. The van der Waals surface area contributed by atoms with Gasteiger partial charge in [-0.1, -0.05) is 6.42 Å². The molecule has 2 aromatic rings. The minimum atomic E-state index is -1.30. The van der Waals surface area contributed by atoms with Crippen LogP contribution in [0.15, 0.2) is 24.4 Å². The average molecular weight is 858 g/mol. The number of imide groups is 1. The topological polar surface area (TPSA) is 247 Å². The van der Waals surface area contributed by atoms with Crippen LogP contribution in [0.5, 0.6) is 0 Å². The van der Waals surface area contributed by atoms with Gasteiger partial charge in [-0.15, -0.1) is 11.8 Å². The number of rotatable bonds is 21. The van der Waals surface area contributed by atoms with Crippen LogP contribution in [0.1, 0.15) is 61.0 Å². The number of benzene rings is 1. The Morgan fingerprint density at radius 3 is 2.56 bits per heavy atom. The minimum absolute atomic E-state index is 0.0170. The Hall–Kier alpha value is -4.08. The lowest BCUT2D eigenvalue weighted by Crippen LogP contribution is -2.50. The van der Waals surface area contributed by atoms with Crippen LogP contribution in [-0.2, 0) is 25.6 Å². The van der Waals surface area contributed by atoms with Crippen molar-refractivity contribution < 1.29 is 44.1 Å². The molecule has 0 bridgehead atoms. The highest BCUT2D eigenvalue weighted by atomic mass is 32.2. The van der Waals surface area contributed by atoms with Crippen LogP contribution in [0.4, 0.5) is 4.79 Å². The van der Waals surface area contributed by atoms with Crippen molar-refractivity contribution >= 4 is 70.1 Å². The largest absolute Gasteiger partial charge is 0.394 e. The fraction of sp³-hybridized carbons (Fsp3) is 0.641. The maximum atomic E-state index is 13.1. The summed E-state index contributed by atoms with van der Waals surface area (Å²) in [6, 6.07) is 5.15.